The molecule has 3 rings (SSSR count). The zero-order chi connectivity index (χ0) is 18.5. The number of amides is 1. The Morgan fingerprint density at radius 1 is 1.27 bits per heavy atom. The van der Waals surface area contributed by atoms with Crippen LogP contribution in [0, 0.1) is 6.92 Å². The fourth-order valence-electron chi connectivity index (χ4n) is 2.64. The third kappa shape index (κ3) is 3.86. The normalized spacial score (nSPS) is 10.7. The van der Waals surface area contributed by atoms with Gasteiger partial charge < -0.3 is 5.32 Å². The van der Waals surface area contributed by atoms with Crippen LogP contribution in [0.3, 0.4) is 0 Å². The van der Waals surface area contributed by atoms with E-state index in [-0.39, 0.29) is 18.0 Å². The summed E-state index contributed by atoms with van der Waals surface area (Å²) in [5.41, 5.74) is 2.11. The van der Waals surface area contributed by atoms with Crippen LogP contribution in [-0.4, -0.2) is 21.2 Å². The largest absolute Gasteiger partial charge is 0.324 e. The van der Waals surface area contributed by atoms with E-state index < -0.39 is 0 Å². The summed E-state index contributed by atoms with van der Waals surface area (Å²) in [4.78, 5) is 30.3. The van der Waals surface area contributed by atoms with E-state index in [9.17, 15) is 9.59 Å². The molecule has 0 aliphatic carbocycles. The Bertz CT molecular complexity index is 1030. The number of fused-ring (bicyclic) bond motifs is 1. The number of aryl methyl sites for hydroxylation is 1. The first-order valence-corrected chi connectivity index (χ1v) is 9.16. The van der Waals surface area contributed by atoms with Crippen molar-refractivity contribution in [2.75, 3.05) is 11.1 Å². The Balaban J connectivity index is 1.81. The SMILES string of the molecule is C=CCSc1ccccc1NC(=O)Cn1cnc2c(C)cccc2c1=O. The number of aromatic nitrogens is 2. The molecule has 0 aliphatic heterocycles. The highest BCUT2D eigenvalue weighted by atomic mass is 32.2. The van der Waals surface area contributed by atoms with Crippen LogP contribution in [0.5, 0.6) is 0 Å². The average Bonchev–Trinajstić information content (AvgIpc) is 2.64. The van der Waals surface area contributed by atoms with Gasteiger partial charge in [-0.3, -0.25) is 14.2 Å². The molecule has 2 aromatic carbocycles. The number of nitrogens with one attached hydrogen (secondary N) is 1. The maximum absolute atomic E-state index is 12.6. The molecular formula is C20H19N3O2S. The van der Waals surface area contributed by atoms with Crippen molar-refractivity contribution in [3.8, 4) is 0 Å². The van der Waals surface area contributed by atoms with Gasteiger partial charge in [-0.1, -0.05) is 30.3 Å². The van der Waals surface area contributed by atoms with Crippen LogP contribution in [0.15, 0.2) is 71.1 Å². The Morgan fingerprint density at radius 3 is 2.88 bits per heavy atom. The van der Waals surface area contributed by atoms with Crippen LogP contribution in [0.2, 0.25) is 0 Å². The molecule has 132 valence electrons. The molecule has 0 aliphatic rings. The molecule has 3 aromatic rings. The van der Waals surface area contributed by atoms with Crippen molar-refractivity contribution in [1.82, 2.24) is 9.55 Å². The summed E-state index contributed by atoms with van der Waals surface area (Å²) in [5.74, 6) is 0.480. The van der Waals surface area contributed by atoms with Crippen molar-refractivity contribution in [3.63, 3.8) is 0 Å². The lowest BCUT2D eigenvalue weighted by Gasteiger charge is -2.11. The Morgan fingerprint density at radius 2 is 2.08 bits per heavy atom. The second-order valence-electron chi connectivity index (χ2n) is 5.79. The van der Waals surface area contributed by atoms with E-state index in [1.807, 2.05) is 49.4 Å². The topological polar surface area (TPSA) is 64.0 Å². The van der Waals surface area contributed by atoms with Crippen molar-refractivity contribution in [3.05, 3.63) is 77.4 Å². The van der Waals surface area contributed by atoms with Crippen LogP contribution >= 0.6 is 11.8 Å². The first-order valence-electron chi connectivity index (χ1n) is 8.17. The Labute approximate surface area is 155 Å². The van der Waals surface area contributed by atoms with E-state index in [0.717, 1.165) is 21.9 Å². The molecule has 6 heteroatoms. The monoisotopic (exact) mass is 365 g/mol. The fourth-order valence-corrected chi connectivity index (χ4v) is 3.39. The van der Waals surface area contributed by atoms with Gasteiger partial charge in [0.2, 0.25) is 5.91 Å². The Hall–Kier alpha value is -2.86. The van der Waals surface area contributed by atoms with Crippen LogP contribution in [0.1, 0.15) is 5.56 Å². The fraction of sp³-hybridized carbons (Fsp3) is 0.150. The molecule has 0 unspecified atom stereocenters. The minimum absolute atomic E-state index is 0.0871. The van der Waals surface area contributed by atoms with Crippen LogP contribution in [-0.2, 0) is 11.3 Å². The lowest BCUT2D eigenvalue weighted by molar-refractivity contribution is -0.116. The summed E-state index contributed by atoms with van der Waals surface area (Å²) in [6.45, 7) is 5.53. The van der Waals surface area contributed by atoms with E-state index in [1.165, 1.54) is 10.9 Å². The first-order chi connectivity index (χ1) is 12.6. The van der Waals surface area contributed by atoms with Crippen molar-refractivity contribution >= 4 is 34.3 Å². The number of anilines is 1. The van der Waals surface area contributed by atoms with Gasteiger partial charge in [-0.05, 0) is 30.7 Å². The summed E-state index contributed by atoms with van der Waals surface area (Å²) in [6, 6.07) is 13.0. The number of thioether (sulfide) groups is 1. The number of para-hydroxylation sites is 2. The van der Waals surface area contributed by atoms with Crippen LogP contribution in [0.25, 0.3) is 10.9 Å². The molecule has 0 radical (unpaired) electrons. The summed E-state index contributed by atoms with van der Waals surface area (Å²) in [5, 5.41) is 3.39. The predicted molar refractivity (Wildman–Crippen MR) is 107 cm³/mol. The number of hydrogen-bond donors (Lipinski definition) is 1. The second kappa shape index (κ2) is 8.01. The number of benzene rings is 2. The molecule has 0 saturated carbocycles. The third-order valence-electron chi connectivity index (χ3n) is 3.89. The maximum atomic E-state index is 12.6. The minimum atomic E-state index is -0.271. The molecular weight excluding hydrogens is 346 g/mol. The molecule has 0 fully saturated rings. The average molecular weight is 365 g/mol. The smallest absolute Gasteiger partial charge is 0.261 e. The van der Waals surface area contributed by atoms with Crippen LogP contribution < -0.4 is 10.9 Å². The lowest BCUT2D eigenvalue weighted by Crippen LogP contribution is -2.28. The predicted octanol–water partition coefficient (Wildman–Crippen LogP) is 3.62. The molecule has 1 heterocycles. The van der Waals surface area contributed by atoms with Gasteiger partial charge in [0.05, 0.1) is 22.9 Å². The number of rotatable bonds is 6. The van der Waals surface area contributed by atoms with E-state index in [2.05, 4.69) is 16.9 Å². The molecule has 5 nitrogen and oxygen atoms in total. The van der Waals surface area contributed by atoms with Crippen LogP contribution in [0.4, 0.5) is 5.69 Å². The van der Waals surface area contributed by atoms with Gasteiger partial charge in [-0.15, -0.1) is 18.3 Å². The summed E-state index contributed by atoms with van der Waals surface area (Å²) < 4.78 is 1.33. The number of nitrogens with zero attached hydrogens (tertiary/aromatic N) is 2. The molecule has 1 aromatic heterocycles. The number of carbonyl (C=O) groups excluding carboxylic acids is 1. The van der Waals surface area contributed by atoms with Gasteiger partial charge in [0, 0.05) is 10.6 Å². The Kier molecular flexibility index (Phi) is 5.53. The number of carbonyl (C=O) groups is 1. The lowest BCUT2D eigenvalue weighted by atomic mass is 10.1. The highest BCUT2D eigenvalue weighted by Crippen LogP contribution is 2.26. The minimum Gasteiger partial charge on any atom is -0.324 e. The highest BCUT2D eigenvalue weighted by Gasteiger charge is 2.11. The zero-order valence-electron chi connectivity index (χ0n) is 14.4. The van der Waals surface area contributed by atoms with Crippen molar-refractivity contribution in [1.29, 1.82) is 0 Å². The van der Waals surface area contributed by atoms with Gasteiger partial charge in [0.15, 0.2) is 0 Å². The summed E-state index contributed by atoms with van der Waals surface area (Å²) in [6.07, 6.45) is 3.24. The van der Waals surface area contributed by atoms with Crippen molar-refractivity contribution in [2.45, 2.75) is 18.4 Å². The summed E-state index contributed by atoms with van der Waals surface area (Å²) >= 11 is 1.59. The molecule has 0 atom stereocenters. The molecule has 0 saturated heterocycles. The standard InChI is InChI=1S/C20H19N3O2S/c1-3-11-26-17-10-5-4-9-16(17)22-18(24)12-23-13-21-19-14(2)7-6-8-15(19)20(23)25/h3-10,13H,1,11-12H2,2H3,(H,22,24). The second-order valence-corrected chi connectivity index (χ2v) is 6.85. The van der Waals surface area contributed by atoms with Gasteiger partial charge in [0.1, 0.15) is 6.54 Å². The molecule has 0 bridgehead atoms. The van der Waals surface area contributed by atoms with E-state index in [1.54, 1.807) is 17.8 Å². The van der Waals surface area contributed by atoms with Gasteiger partial charge in [0.25, 0.3) is 5.56 Å². The number of hydrogen-bond acceptors (Lipinski definition) is 4. The van der Waals surface area contributed by atoms with E-state index in [4.69, 9.17) is 0 Å². The molecule has 1 N–H and O–H groups in total. The van der Waals surface area contributed by atoms with Crippen molar-refractivity contribution in [2.24, 2.45) is 0 Å². The zero-order valence-corrected chi connectivity index (χ0v) is 15.3. The maximum Gasteiger partial charge on any atom is 0.261 e. The molecule has 0 spiro atoms. The van der Waals surface area contributed by atoms with E-state index >= 15 is 0 Å². The quantitative estimate of drug-likeness (QED) is 0.535. The van der Waals surface area contributed by atoms with Gasteiger partial charge >= 0.3 is 0 Å². The van der Waals surface area contributed by atoms with Gasteiger partial charge in [-0.25, -0.2) is 4.98 Å². The van der Waals surface area contributed by atoms with Gasteiger partial charge in [-0.2, -0.15) is 0 Å². The third-order valence-corrected chi connectivity index (χ3v) is 4.96. The summed E-state index contributed by atoms with van der Waals surface area (Å²) in [7, 11) is 0. The van der Waals surface area contributed by atoms with Crippen molar-refractivity contribution < 1.29 is 4.79 Å². The molecule has 1 amide bonds. The van der Waals surface area contributed by atoms with E-state index in [0.29, 0.717) is 10.9 Å². The highest BCUT2D eigenvalue weighted by molar-refractivity contribution is 7.99. The first kappa shape index (κ1) is 17.9. The molecule has 26 heavy (non-hydrogen) atoms.